The van der Waals surface area contributed by atoms with Crippen LogP contribution in [0.1, 0.15) is 22.8 Å². The van der Waals surface area contributed by atoms with Crippen molar-refractivity contribution in [1.82, 2.24) is 10.8 Å². The maximum absolute atomic E-state index is 11.8. The van der Waals surface area contributed by atoms with Gasteiger partial charge in [0.1, 0.15) is 0 Å². The van der Waals surface area contributed by atoms with Crippen molar-refractivity contribution in [3.8, 4) is 0 Å². The van der Waals surface area contributed by atoms with Crippen molar-refractivity contribution in [3.63, 3.8) is 0 Å². The first-order valence-corrected chi connectivity index (χ1v) is 5.82. The second-order valence-corrected chi connectivity index (χ2v) is 4.26. The van der Waals surface area contributed by atoms with E-state index in [2.05, 4.69) is 10.1 Å². The second-order valence-electron chi connectivity index (χ2n) is 4.26. The van der Waals surface area contributed by atoms with Gasteiger partial charge in [-0.2, -0.15) is 5.48 Å². The number of hydrogen-bond acceptors (Lipinski definition) is 6. The third kappa shape index (κ3) is 2.84. The quantitative estimate of drug-likeness (QED) is 0.352. The summed E-state index contributed by atoms with van der Waals surface area (Å²) in [4.78, 5) is 23.1. The SMILES string of the molecule is CNC(=O)C(C)(NO)C(=N)c1ccc(C(=O)OC)cc1. The molecular weight excluding hydrogens is 262 g/mol. The molecule has 1 amide bonds. The van der Waals surface area contributed by atoms with E-state index in [1.807, 2.05) is 5.48 Å². The first-order chi connectivity index (χ1) is 9.40. The molecule has 7 heteroatoms. The molecule has 1 rings (SSSR count). The third-order valence-corrected chi connectivity index (χ3v) is 3.00. The minimum atomic E-state index is -1.58. The molecule has 0 aromatic heterocycles. The van der Waals surface area contributed by atoms with Crippen LogP contribution in [-0.4, -0.2) is 42.5 Å². The van der Waals surface area contributed by atoms with Gasteiger partial charge in [-0.3, -0.25) is 4.79 Å². The molecule has 0 heterocycles. The standard InChI is InChI=1S/C13H17N3O4/c1-13(16-19,12(18)15-2)10(14)8-4-6-9(7-5-8)11(17)20-3/h4-7,14,16,19H,1-3H3,(H,15,18). The predicted octanol–water partition coefficient (Wildman–Crippen LogP) is 0.325. The number of nitrogens with one attached hydrogen (secondary N) is 3. The van der Waals surface area contributed by atoms with Gasteiger partial charge in [0.15, 0.2) is 5.54 Å². The molecule has 7 nitrogen and oxygen atoms in total. The molecule has 0 aliphatic carbocycles. The topological polar surface area (TPSA) is 112 Å². The molecule has 0 aliphatic heterocycles. The van der Waals surface area contributed by atoms with Crippen LogP contribution in [0.5, 0.6) is 0 Å². The minimum Gasteiger partial charge on any atom is -0.465 e. The summed E-state index contributed by atoms with van der Waals surface area (Å²) in [6.45, 7) is 1.38. The van der Waals surface area contributed by atoms with Crippen LogP contribution >= 0.6 is 0 Å². The Kier molecular flexibility index (Phi) is 4.95. The average Bonchev–Trinajstić information content (AvgIpc) is 2.51. The number of rotatable bonds is 5. The minimum absolute atomic E-state index is 0.129. The number of hydroxylamine groups is 1. The number of carbonyl (C=O) groups excluding carboxylic acids is 2. The number of benzene rings is 1. The number of amides is 1. The van der Waals surface area contributed by atoms with E-state index in [9.17, 15) is 14.8 Å². The van der Waals surface area contributed by atoms with E-state index in [0.29, 0.717) is 11.1 Å². The number of esters is 1. The van der Waals surface area contributed by atoms with Crippen molar-refractivity contribution in [1.29, 1.82) is 5.41 Å². The van der Waals surface area contributed by atoms with Gasteiger partial charge < -0.3 is 20.7 Å². The lowest BCUT2D eigenvalue weighted by Gasteiger charge is -2.26. The van der Waals surface area contributed by atoms with Gasteiger partial charge in [0.05, 0.1) is 18.4 Å². The number of methoxy groups -OCH3 is 1. The van der Waals surface area contributed by atoms with Gasteiger partial charge in [0, 0.05) is 7.05 Å². The van der Waals surface area contributed by atoms with Crippen molar-refractivity contribution in [3.05, 3.63) is 35.4 Å². The Morgan fingerprint density at radius 3 is 2.15 bits per heavy atom. The van der Waals surface area contributed by atoms with E-state index in [1.54, 1.807) is 0 Å². The maximum atomic E-state index is 11.8. The van der Waals surface area contributed by atoms with Gasteiger partial charge >= 0.3 is 5.97 Å². The van der Waals surface area contributed by atoms with Gasteiger partial charge in [-0.05, 0) is 24.6 Å². The van der Waals surface area contributed by atoms with Crippen LogP contribution in [0.15, 0.2) is 24.3 Å². The molecule has 0 fully saturated rings. The number of likely N-dealkylation sites (N-methyl/N-ethyl adjacent to an activating group) is 1. The molecule has 1 aromatic carbocycles. The van der Waals surface area contributed by atoms with E-state index in [0.717, 1.165) is 0 Å². The summed E-state index contributed by atoms with van der Waals surface area (Å²) in [7, 11) is 2.68. The molecule has 0 saturated carbocycles. The molecule has 108 valence electrons. The lowest BCUT2D eigenvalue weighted by Crippen LogP contribution is -2.58. The summed E-state index contributed by atoms with van der Waals surface area (Å²) in [5, 5.41) is 19.6. The highest BCUT2D eigenvalue weighted by atomic mass is 16.5. The summed E-state index contributed by atoms with van der Waals surface area (Å²) in [6, 6.07) is 5.98. The molecule has 0 radical (unpaired) electrons. The zero-order chi connectivity index (χ0) is 15.3. The first kappa shape index (κ1) is 15.8. The van der Waals surface area contributed by atoms with Crippen molar-refractivity contribution in [2.75, 3.05) is 14.2 Å². The van der Waals surface area contributed by atoms with E-state index in [-0.39, 0.29) is 5.71 Å². The van der Waals surface area contributed by atoms with Crippen molar-refractivity contribution in [2.24, 2.45) is 0 Å². The lowest BCUT2D eigenvalue weighted by molar-refractivity contribution is -0.127. The molecule has 0 spiro atoms. The van der Waals surface area contributed by atoms with Crippen LogP contribution in [0.4, 0.5) is 0 Å². The highest BCUT2D eigenvalue weighted by Gasteiger charge is 2.37. The average molecular weight is 279 g/mol. The Labute approximate surface area is 116 Å². The van der Waals surface area contributed by atoms with E-state index in [1.165, 1.54) is 45.3 Å². The lowest BCUT2D eigenvalue weighted by atomic mass is 9.90. The van der Waals surface area contributed by atoms with Gasteiger partial charge in [-0.15, -0.1) is 0 Å². The molecule has 4 N–H and O–H groups in total. The monoisotopic (exact) mass is 279 g/mol. The summed E-state index contributed by atoms with van der Waals surface area (Å²) < 4.78 is 4.57. The Bertz CT molecular complexity index is 527. The Morgan fingerprint density at radius 2 is 1.75 bits per heavy atom. The molecule has 0 aliphatic rings. The van der Waals surface area contributed by atoms with Crippen LogP contribution < -0.4 is 10.8 Å². The summed E-state index contributed by atoms with van der Waals surface area (Å²) in [6.07, 6.45) is 0. The molecule has 0 bridgehead atoms. The van der Waals surface area contributed by atoms with Gasteiger partial charge in [0.2, 0.25) is 5.91 Å². The van der Waals surface area contributed by atoms with E-state index < -0.39 is 17.4 Å². The summed E-state index contributed by atoms with van der Waals surface area (Å²) in [5.41, 5.74) is 0.867. The fraction of sp³-hybridized carbons (Fsp3) is 0.308. The molecule has 0 saturated heterocycles. The molecule has 20 heavy (non-hydrogen) atoms. The highest BCUT2D eigenvalue weighted by Crippen LogP contribution is 2.15. The summed E-state index contributed by atoms with van der Waals surface area (Å²) in [5.74, 6) is -1.04. The Balaban J connectivity index is 3.08. The third-order valence-electron chi connectivity index (χ3n) is 3.00. The predicted molar refractivity (Wildman–Crippen MR) is 72.0 cm³/mol. The fourth-order valence-corrected chi connectivity index (χ4v) is 1.65. The first-order valence-electron chi connectivity index (χ1n) is 5.82. The number of hydrogen-bond donors (Lipinski definition) is 4. The van der Waals surface area contributed by atoms with Crippen molar-refractivity contribution in [2.45, 2.75) is 12.5 Å². The second kappa shape index (κ2) is 6.27. The number of carbonyl (C=O) groups is 2. The largest absolute Gasteiger partial charge is 0.465 e. The highest BCUT2D eigenvalue weighted by molar-refractivity contribution is 6.18. The van der Waals surface area contributed by atoms with Gasteiger partial charge in [0.25, 0.3) is 0 Å². The van der Waals surface area contributed by atoms with Crippen LogP contribution in [0, 0.1) is 5.41 Å². The van der Waals surface area contributed by atoms with Crippen LogP contribution in [0.25, 0.3) is 0 Å². The fourth-order valence-electron chi connectivity index (χ4n) is 1.65. The normalized spacial score (nSPS) is 13.2. The smallest absolute Gasteiger partial charge is 0.337 e. The van der Waals surface area contributed by atoms with Gasteiger partial charge in [-0.1, -0.05) is 12.1 Å². The zero-order valence-electron chi connectivity index (χ0n) is 11.5. The van der Waals surface area contributed by atoms with E-state index in [4.69, 9.17) is 5.41 Å². The molecule has 1 aromatic rings. The van der Waals surface area contributed by atoms with E-state index >= 15 is 0 Å². The van der Waals surface area contributed by atoms with Crippen molar-refractivity contribution >= 4 is 17.6 Å². The molecule has 1 unspecified atom stereocenters. The summed E-state index contributed by atoms with van der Waals surface area (Å²) >= 11 is 0. The van der Waals surface area contributed by atoms with Crippen LogP contribution in [-0.2, 0) is 9.53 Å². The zero-order valence-corrected chi connectivity index (χ0v) is 11.5. The van der Waals surface area contributed by atoms with Gasteiger partial charge in [-0.25, -0.2) is 4.79 Å². The Hall–Kier alpha value is -2.25. The van der Waals surface area contributed by atoms with Crippen LogP contribution in [0.2, 0.25) is 0 Å². The molecule has 1 atom stereocenters. The molecular formula is C13H17N3O4. The maximum Gasteiger partial charge on any atom is 0.337 e. The van der Waals surface area contributed by atoms with Crippen molar-refractivity contribution < 1.29 is 19.5 Å². The Morgan fingerprint density at radius 1 is 1.25 bits per heavy atom. The van der Waals surface area contributed by atoms with Crippen LogP contribution in [0.3, 0.4) is 0 Å². The number of ether oxygens (including phenoxy) is 1.